The number of anilines is 2. The Hall–Kier alpha value is -3.80. The molecule has 12 heteroatoms. The Morgan fingerprint density at radius 3 is 2.61 bits per heavy atom. The zero-order valence-corrected chi connectivity index (χ0v) is 21.0. The molecule has 1 unspecified atom stereocenters. The van der Waals surface area contributed by atoms with E-state index in [0.29, 0.717) is 42.9 Å². The number of halogens is 3. The number of hydrogen-bond acceptors (Lipinski definition) is 7. The lowest BCUT2D eigenvalue weighted by atomic mass is 10.1. The monoisotopic (exact) mass is 531 g/mol. The van der Waals surface area contributed by atoms with Crippen LogP contribution in [0.5, 0.6) is 5.75 Å². The molecule has 1 atom stereocenters. The minimum Gasteiger partial charge on any atom is -0.406 e. The SMILES string of the molecule is Cc1ccc(CN2c3c(n(C)c(=O)[nH]c3=O)N(CCC3(O)CC3)C2Cc2cccc(OC(F)(F)F)c2)nc1. The molecule has 1 aliphatic heterocycles. The number of aromatic amines is 1. The molecule has 2 N–H and O–H groups in total. The highest BCUT2D eigenvalue weighted by Gasteiger charge is 2.44. The van der Waals surface area contributed by atoms with E-state index >= 15 is 0 Å². The summed E-state index contributed by atoms with van der Waals surface area (Å²) in [7, 11) is 1.55. The molecule has 5 rings (SSSR count). The summed E-state index contributed by atoms with van der Waals surface area (Å²) < 4.78 is 44.0. The van der Waals surface area contributed by atoms with Crippen LogP contribution in [-0.2, 0) is 20.0 Å². The number of pyridine rings is 1. The van der Waals surface area contributed by atoms with Crippen molar-refractivity contribution >= 4 is 11.5 Å². The third kappa shape index (κ3) is 5.40. The van der Waals surface area contributed by atoms with E-state index in [2.05, 4.69) is 14.7 Å². The van der Waals surface area contributed by atoms with Crippen LogP contribution in [0.3, 0.4) is 0 Å². The zero-order chi connectivity index (χ0) is 27.2. The number of rotatable bonds is 8. The van der Waals surface area contributed by atoms with Crippen LogP contribution in [0.4, 0.5) is 24.7 Å². The van der Waals surface area contributed by atoms with Crippen molar-refractivity contribution in [2.24, 2.45) is 7.05 Å². The molecule has 202 valence electrons. The van der Waals surface area contributed by atoms with Crippen LogP contribution in [0, 0.1) is 6.92 Å². The smallest absolute Gasteiger partial charge is 0.406 e. The van der Waals surface area contributed by atoms with Gasteiger partial charge in [-0.25, -0.2) is 4.79 Å². The maximum Gasteiger partial charge on any atom is 0.573 e. The Balaban J connectivity index is 1.57. The molecule has 2 aliphatic rings. The molecule has 3 aromatic rings. The number of aromatic nitrogens is 3. The second-order valence-corrected chi connectivity index (χ2v) is 9.99. The summed E-state index contributed by atoms with van der Waals surface area (Å²) in [6, 6.07) is 9.44. The van der Waals surface area contributed by atoms with Crippen molar-refractivity contribution in [1.82, 2.24) is 14.5 Å². The van der Waals surface area contributed by atoms with Gasteiger partial charge in [-0.15, -0.1) is 13.2 Å². The van der Waals surface area contributed by atoms with E-state index < -0.39 is 29.4 Å². The Bertz CT molecular complexity index is 1450. The second kappa shape index (κ2) is 9.50. The van der Waals surface area contributed by atoms with Crippen molar-refractivity contribution in [2.75, 3.05) is 16.3 Å². The van der Waals surface area contributed by atoms with Gasteiger partial charge in [0.25, 0.3) is 5.56 Å². The van der Waals surface area contributed by atoms with Crippen LogP contribution in [0.2, 0.25) is 0 Å². The van der Waals surface area contributed by atoms with Gasteiger partial charge < -0.3 is 19.6 Å². The maximum absolute atomic E-state index is 13.2. The van der Waals surface area contributed by atoms with E-state index in [9.17, 15) is 27.9 Å². The predicted octanol–water partition coefficient (Wildman–Crippen LogP) is 2.99. The normalized spacial score (nSPS) is 18.0. The van der Waals surface area contributed by atoms with Gasteiger partial charge in [-0.3, -0.25) is 19.3 Å². The Morgan fingerprint density at radius 2 is 1.95 bits per heavy atom. The van der Waals surface area contributed by atoms with Gasteiger partial charge in [0, 0.05) is 26.2 Å². The van der Waals surface area contributed by atoms with Crippen molar-refractivity contribution in [3.8, 4) is 5.75 Å². The topological polar surface area (TPSA) is 104 Å². The van der Waals surface area contributed by atoms with Gasteiger partial charge in [0.2, 0.25) is 0 Å². The first kappa shape index (κ1) is 25.8. The average Bonchev–Trinajstić information content (AvgIpc) is 3.50. The van der Waals surface area contributed by atoms with Gasteiger partial charge in [-0.05, 0) is 55.5 Å². The van der Waals surface area contributed by atoms with E-state index in [1.807, 2.05) is 28.9 Å². The number of hydrogen-bond donors (Lipinski definition) is 2. The van der Waals surface area contributed by atoms with Crippen LogP contribution >= 0.6 is 0 Å². The highest BCUT2D eigenvalue weighted by atomic mass is 19.4. The Labute approximate surface area is 216 Å². The summed E-state index contributed by atoms with van der Waals surface area (Å²) >= 11 is 0. The number of fused-ring (bicyclic) bond motifs is 1. The Kier molecular flexibility index (Phi) is 6.46. The maximum atomic E-state index is 13.2. The van der Waals surface area contributed by atoms with Gasteiger partial charge in [-0.2, -0.15) is 0 Å². The number of nitrogens with one attached hydrogen (secondary N) is 1. The first-order valence-corrected chi connectivity index (χ1v) is 12.3. The fraction of sp³-hybridized carbons (Fsp3) is 0.423. The van der Waals surface area contributed by atoms with Crippen LogP contribution in [0.1, 0.15) is 36.1 Å². The van der Waals surface area contributed by atoms with Crippen molar-refractivity contribution < 1.29 is 23.0 Å². The number of H-pyrrole nitrogens is 1. The average molecular weight is 532 g/mol. The lowest BCUT2D eigenvalue weighted by Crippen LogP contribution is -2.46. The number of nitrogens with zero attached hydrogens (tertiary/aromatic N) is 4. The van der Waals surface area contributed by atoms with E-state index in [1.54, 1.807) is 19.3 Å². The van der Waals surface area contributed by atoms with E-state index in [0.717, 1.165) is 5.56 Å². The fourth-order valence-electron chi connectivity index (χ4n) is 4.87. The summed E-state index contributed by atoms with van der Waals surface area (Å²) in [4.78, 5) is 36.3. The molecule has 1 aliphatic carbocycles. The van der Waals surface area contributed by atoms with Gasteiger partial charge in [0.05, 0.1) is 17.8 Å². The third-order valence-electron chi connectivity index (χ3n) is 7.05. The summed E-state index contributed by atoms with van der Waals surface area (Å²) in [6.07, 6.45) is -1.71. The van der Waals surface area contributed by atoms with Crippen LogP contribution in [-0.4, -0.2) is 44.3 Å². The second-order valence-electron chi connectivity index (χ2n) is 9.99. The molecular weight excluding hydrogens is 503 g/mol. The van der Waals surface area contributed by atoms with E-state index in [1.165, 1.54) is 22.8 Å². The van der Waals surface area contributed by atoms with Crippen molar-refractivity contribution in [3.63, 3.8) is 0 Å². The molecular formula is C26H28F3N5O4. The van der Waals surface area contributed by atoms with Crippen LogP contribution in [0.25, 0.3) is 0 Å². The number of ether oxygens (including phenoxy) is 1. The standard InChI is InChI=1S/C26H28F3N5O4/c1-16-6-7-18(30-14-16)15-34-20(13-17-4-3-5-19(12-17)38-26(27,28)29)33(11-10-25(37)8-9-25)23-21(34)22(35)31-24(36)32(23)2/h3-7,12,14,20,37H,8-11,13,15H2,1-2H3,(H,31,35,36). The first-order chi connectivity index (χ1) is 17.9. The fourth-order valence-corrected chi connectivity index (χ4v) is 4.87. The largest absolute Gasteiger partial charge is 0.573 e. The van der Waals surface area contributed by atoms with Gasteiger partial charge in [0.1, 0.15) is 23.4 Å². The quantitative estimate of drug-likeness (QED) is 0.461. The lowest BCUT2D eigenvalue weighted by molar-refractivity contribution is -0.274. The molecule has 3 heterocycles. The summed E-state index contributed by atoms with van der Waals surface area (Å²) in [5.41, 5.74) is 0.509. The molecule has 1 fully saturated rings. The number of alkyl halides is 3. The molecule has 38 heavy (non-hydrogen) atoms. The summed E-state index contributed by atoms with van der Waals surface area (Å²) in [5, 5.41) is 10.6. The lowest BCUT2D eigenvalue weighted by Gasteiger charge is -2.33. The molecule has 2 aromatic heterocycles. The molecule has 0 radical (unpaired) electrons. The highest BCUT2D eigenvalue weighted by molar-refractivity contribution is 5.73. The minimum atomic E-state index is -4.83. The van der Waals surface area contributed by atoms with Gasteiger partial charge in [-0.1, -0.05) is 18.2 Å². The minimum absolute atomic E-state index is 0.210. The molecule has 0 bridgehead atoms. The number of aliphatic hydroxyl groups is 1. The zero-order valence-electron chi connectivity index (χ0n) is 21.0. The van der Waals surface area contributed by atoms with Crippen molar-refractivity contribution in [1.29, 1.82) is 0 Å². The molecule has 1 saturated carbocycles. The first-order valence-electron chi connectivity index (χ1n) is 12.3. The molecule has 9 nitrogen and oxygen atoms in total. The van der Waals surface area contributed by atoms with Gasteiger partial charge in [0.15, 0.2) is 0 Å². The van der Waals surface area contributed by atoms with E-state index in [-0.39, 0.29) is 24.4 Å². The summed E-state index contributed by atoms with van der Waals surface area (Å²) in [5.74, 6) is 0.0455. The molecule has 0 saturated heterocycles. The van der Waals surface area contributed by atoms with Crippen LogP contribution < -0.4 is 25.8 Å². The van der Waals surface area contributed by atoms with Crippen molar-refractivity contribution in [3.05, 3.63) is 80.3 Å². The molecule has 1 aromatic carbocycles. The molecule has 0 amide bonds. The van der Waals surface area contributed by atoms with E-state index in [4.69, 9.17) is 0 Å². The summed E-state index contributed by atoms with van der Waals surface area (Å²) in [6.45, 7) is 2.46. The van der Waals surface area contributed by atoms with Crippen LogP contribution in [0.15, 0.2) is 52.2 Å². The third-order valence-corrected chi connectivity index (χ3v) is 7.05. The molecule has 0 spiro atoms. The van der Waals surface area contributed by atoms with Crippen molar-refractivity contribution in [2.45, 2.75) is 57.3 Å². The predicted molar refractivity (Wildman–Crippen MR) is 134 cm³/mol. The Morgan fingerprint density at radius 1 is 1.18 bits per heavy atom. The highest BCUT2D eigenvalue weighted by Crippen LogP contribution is 2.42. The van der Waals surface area contributed by atoms with Gasteiger partial charge >= 0.3 is 12.1 Å². The number of aryl methyl sites for hydroxylation is 1. The number of benzene rings is 1.